The van der Waals surface area contributed by atoms with E-state index in [1.54, 1.807) is 41.3 Å². The highest BCUT2D eigenvalue weighted by molar-refractivity contribution is 5.97. The van der Waals surface area contributed by atoms with Crippen molar-refractivity contribution in [2.45, 2.75) is 39.0 Å². The fraction of sp³-hybridized carbons (Fsp3) is 0.444. The summed E-state index contributed by atoms with van der Waals surface area (Å²) < 4.78 is 23.8. The highest BCUT2D eigenvalue weighted by atomic mass is 19.1. The predicted molar refractivity (Wildman–Crippen MR) is 131 cm³/mol. The van der Waals surface area contributed by atoms with Crippen molar-refractivity contribution in [3.63, 3.8) is 0 Å². The van der Waals surface area contributed by atoms with Crippen molar-refractivity contribution >= 4 is 23.3 Å². The molecule has 1 fully saturated rings. The molecular formula is C27H33FN2O5. The summed E-state index contributed by atoms with van der Waals surface area (Å²) >= 11 is 0. The van der Waals surface area contributed by atoms with Gasteiger partial charge >= 0.3 is 5.97 Å². The zero-order valence-electron chi connectivity index (χ0n) is 20.2. The van der Waals surface area contributed by atoms with Gasteiger partial charge in [-0.05, 0) is 55.0 Å². The Bertz CT molecular complexity index is 970. The van der Waals surface area contributed by atoms with Crippen LogP contribution in [0.5, 0.6) is 5.75 Å². The van der Waals surface area contributed by atoms with Gasteiger partial charge in [0.2, 0.25) is 0 Å². The molecular weight excluding hydrogens is 451 g/mol. The molecule has 0 N–H and O–H groups in total. The summed E-state index contributed by atoms with van der Waals surface area (Å²) in [7, 11) is 0. The van der Waals surface area contributed by atoms with Crippen LogP contribution in [0.15, 0.2) is 48.5 Å². The van der Waals surface area contributed by atoms with E-state index >= 15 is 0 Å². The smallest absolute Gasteiger partial charge is 0.306 e. The van der Waals surface area contributed by atoms with Gasteiger partial charge in [-0.3, -0.25) is 14.4 Å². The number of anilines is 1. The largest absolute Gasteiger partial charge is 0.494 e. The molecule has 1 amide bonds. The number of rotatable bonds is 12. The van der Waals surface area contributed by atoms with Gasteiger partial charge in [0.25, 0.3) is 5.91 Å². The third kappa shape index (κ3) is 8.38. The lowest BCUT2D eigenvalue weighted by Gasteiger charge is -2.36. The standard InChI is InChI=1S/C27H33FN2O5/c1-2-3-4-19-34-24-11-5-21(6-12-24)25(31)13-14-27(33)35-20-26(32)30-17-15-29(16-18-30)23-9-7-22(28)8-10-23/h5-12H,2-4,13-20H2,1H3. The molecule has 2 aromatic carbocycles. The molecule has 1 heterocycles. The van der Waals surface area contributed by atoms with Crippen LogP contribution in [0.1, 0.15) is 49.4 Å². The maximum atomic E-state index is 13.1. The van der Waals surface area contributed by atoms with Gasteiger partial charge in [-0.1, -0.05) is 19.8 Å². The molecule has 0 atom stereocenters. The minimum Gasteiger partial charge on any atom is -0.494 e. The monoisotopic (exact) mass is 484 g/mol. The molecule has 0 radical (unpaired) electrons. The maximum absolute atomic E-state index is 13.1. The van der Waals surface area contributed by atoms with Gasteiger partial charge in [0, 0.05) is 43.9 Å². The van der Waals surface area contributed by atoms with Gasteiger partial charge in [-0.15, -0.1) is 0 Å². The summed E-state index contributed by atoms with van der Waals surface area (Å²) in [6.45, 7) is 4.65. The van der Waals surface area contributed by atoms with Gasteiger partial charge in [-0.2, -0.15) is 0 Å². The van der Waals surface area contributed by atoms with Gasteiger partial charge in [-0.25, -0.2) is 4.39 Å². The summed E-state index contributed by atoms with van der Waals surface area (Å²) in [6.07, 6.45) is 3.17. The Kier molecular flexibility index (Phi) is 10.1. The topological polar surface area (TPSA) is 76.2 Å². The summed E-state index contributed by atoms with van der Waals surface area (Å²) in [5.74, 6) is -0.575. The number of ether oxygens (including phenoxy) is 2. The van der Waals surface area contributed by atoms with E-state index in [2.05, 4.69) is 11.8 Å². The summed E-state index contributed by atoms with van der Waals surface area (Å²) in [5, 5.41) is 0. The van der Waals surface area contributed by atoms with Crippen molar-refractivity contribution in [1.29, 1.82) is 0 Å². The molecule has 2 aromatic rings. The molecule has 0 saturated carbocycles. The second-order valence-corrected chi connectivity index (χ2v) is 8.51. The minimum atomic E-state index is -0.576. The fourth-order valence-corrected chi connectivity index (χ4v) is 3.81. The number of carbonyl (C=O) groups excluding carboxylic acids is 3. The van der Waals surface area contributed by atoms with Crippen LogP contribution in [0.4, 0.5) is 10.1 Å². The van der Waals surface area contributed by atoms with Crippen molar-refractivity contribution in [3.05, 3.63) is 59.9 Å². The number of halogens is 1. The lowest BCUT2D eigenvalue weighted by molar-refractivity contribution is -0.152. The Labute approximate surface area is 205 Å². The molecule has 3 rings (SSSR count). The number of nitrogens with zero attached hydrogens (tertiary/aromatic N) is 2. The number of hydrogen-bond donors (Lipinski definition) is 0. The number of Topliss-reactive ketones (excluding diaryl/α,β-unsaturated/α-hetero) is 1. The summed E-state index contributed by atoms with van der Waals surface area (Å²) in [4.78, 5) is 40.5. The lowest BCUT2D eigenvalue weighted by atomic mass is 10.1. The van der Waals surface area contributed by atoms with E-state index in [-0.39, 0.29) is 37.0 Å². The van der Waals surface area contributed by atoms with E-state index in [4.69, 9.17) is 9.47 Å². The highest BCUT2D eigenvalue weighted by Crippen LogP contribution is 2.17. The molecule has 1 saturated heterocycles. The van der Waals surface area contributed by atoms with E-state index in [1.807, 2.05) is 0 Å². The van der Waals surface area contributed by atoms with Crippen LogP contribution < -0.4 is 9.64 Å². The average molecular weight is 485 g/mol. The molecule has 0 unspecified atom stereocenters. The third-order valence-corrected chi connectivity index (χ3v) is 5.93. The third-order valence-electron chi connectivity index (χ3n) is 5.93. The first-order valence-corrected chi connectivity index (χ1v) is 12.2. The van der Waals surface area contributed by atoms with Gasteiger partial charge in [0.15, 0.2) is 12.4 Å². The lowest BCUT2D eigenvalue weighted by Crippen LogP contribution is -2.49. The molecule has 7 nitrogen and oxygen atoms in total. The first-order chi connectivity index (χ1) is 17.0. The number of esters is 1. The molecule has 0 bridgehead atoms. The molecule has 35 heavy (non-hydrogen) atoms. The zero-order valence-corrected chi connectivity index (χ0v) is 20.2. The van der Waals surface area contributed by atoms with E-state index < -0.39 is 5.97 Å². The Balaban J connectivity index is 1.33. The Hall–Kier alpha value is -3.42. The van der Waals surface area contributed by atoms with Crippen LogP contribution in [0, 0.1) is 5.82 Å². The molecule has 1 aliphatic heterocycles. The van der Waals surface area contributed by atoms with Crippen LogP contribution in [-0.4, -0.2) is 62.0 Å². The maximum Gasteiger partial charge on any atom is 0.306 e. The number of amides is 1. The molecule has 8 heteroatoms. The second kappa shape index (κ2) is 13.5. The van der Waals surface area contributed by atoms with E-state index in [0.29, 0.717) is 44.1 Å². The van der Waals surface area contributed by atoms with Gasteiger partial charge in [0.1, 0.15) is 11.6 Å². The van der Waals surface area contributed by atoms with Crippen molar-refractivity contribution < 1.29 is 28.2 Å². The van der Waals surface area contributed by atoms with Crippen LogP contribution in [-0.2, 0) is 14.3 Å². The van der Waals surface area contributed by atoms with Gasteiger partial charge in [0.05, 0.1) is 13.0 Å². The SMILES string of the molecule is CCCCCOc1ccc(C(=O)CCC(=O)OCC(=O)N2CCN(c3ccc(F)cc3)CC2)cc1. The Morgan fingerprint density at radius 2 is 1.57 bits per heavy atom. The molecule has 188 valence electrons. The molecule has 0 aromatic heterocycles. The number of hydrogen-bond acceptors (Lipinski definition) is 6. The first-order valence-electron chi connectivity index (χ1n) is 12.2. The van der Waals surface area contributed by atoms with Crippen LogP contribution in [0.25, 0.3) is 0 Å². The predicted octanol–water partition coefficient (Wildman–Crippen LogP) is 4.25. The number of ketones is 1. The van der Waals surface area contributed by atoms with E-state index in [1.165, 1.54) is 12.1 Å². The minimum absolute atomic E-state index is 0.0140. The zero-order chi connectivity index (χ0) is 25.0. The van der Waals surface area contributed by atoms with Crippen molar-refractivity contribution in [2.24, 2.45) is 0 Å². The number of benzene rings is 2. The molecule has 1 aliphatic rings. The van der Waals surface area contributed by atoms with Crippen molar-refractivity contribution in [3.8, 4) is 5.75 Å². The summed E-state index contributed by atoms with van der Waals surface area (Å²) in [5.41, 5.74) is 1.41. The molecule has 0 spiro atoms. The normalized spacial score (nSPS) is 13.4. The number of unbranched alkanes of at least 4 members (excludes halogenated alkanes) is 2. The van der Waals surface area contributed by atoms with Crippen LogP contribution in [0.2, 0.25) is 0 Å². The second-order valence-electron chi connectivity index (χ2n) is 8.51. The fourth-order valence-electron chi connectivity index (χ4n) is 3.81. The van der Waals surface area contributed by atoms with Gasteiger partial charge < -0.3 is 19.3 Å². The summed E-state index contributed by atoms with van der Waals surface area (Å²) in [6, 6.07) is 13.2. The quantitative estimate of drug-likeness (QED) is 0.255. The van der Waals surface area contributed by atoms with Crippen molar-refractivity contribution in [1.82, 2.24) is 4.90 Å². The highest BCUT2D eigenvalue weighted by Gasteiger charge is 2.22. The van der Waals surface area contributed by atoms with Crippen LogP contribution in [0.3, 0.4) is 0 Å². The van der Waals surface area contributed by atoms with Crippen molar-refractivity contribution in [2.75, 3.05) is 44.3 Å². The molecule has 0 aliphatic carbocycles. The van der Waals surface area contributed by atoms with E-state index in [0.717, 1.165) is 24.9 Å². The first kappa shape index (κ1) is 26.2. The van der Waals surface area contributed by atoms with Crippen LogP contribution >= 0.6 is 0 Å². The average Bonchev–Trinajstić information content (AvgIpc) is 2.89. The Morgan fingerprint density at radius 3 is 2.23 bits per heavy atom. The Morgan fingerprint density at radius 1 is 0.886 bits per heavy atom. The number of piperazine rings is 1. The van der Waals surface area contributed by atoms with E-state index in [9.17, 15) is 18.8 Å². The number of carbonyl (C=O) groups is 3.